The first-order chi connectivity index (χ1) is 10.6. The molecule has 1 aliphatic carbocycles. The van der Waals surface area contributed by atoms with E-state index >= 15 is 0 Å². The monoisotopic (exact) mass is 309 g/mol. The van der Waals surface area contributed by atoms with Crippen LogP contribution in [0.1, 0.15) is 45.4 Å². The number of hydrogen-bond acceptors (Lipinski definition) is 5. The highest BCUT2D eigenvalue weighted by molar-refractivity contribution is 5.80. The van der Waals surface area contributed by atoms with E-state index in [1.165, 1.54) is 0 Å². The Morgan fingerprint density at radius 2 is 2.00 bits per heavy atom. The van der Waals surface area contributed by atoms with Crippen LogP contribution in [0.4, 0.5) is 0 Å². The molecule has 0 radical (unpaired) electrons. The third-order valence-electron chi connectivity index (χ3n) is 5.05. The molecule has 0 bridgehead atoms. The second-order valence-electron chi connectivity index (χ2n) is 6.77. The van der Waals surface area contributed by atoms with Crippen LogP contribution in [0.15, 0.2) is 0 Å². The zero-order valence-corrected chi connectivity index (χ0v) is 13.2. The maximum absolute atomic E-state index is 12.0. The first-order valence-electron chi connectivity index (χ1n) is 8.45. The average Bonchev–Trinajstić information content (AvgIpc) is 2.50. The molecule has 0 aromatic rings. The molecular weight excluding hydrogens is 282 g/mol. The third kappa shape index (κ3) is 3.59. The Labute approximate surface area is 131 Å². The molecule has 5 atom stereocenters. The number of amides is 2. The van der Waals surface area contributed by atoms with Gasteiger partial charge in [-0.1, -0.05) is 0 Å². The minimum Gasteiger partial charge on any atom is -0.354 e. The van der Waals surface area contributed by atoms with Crippen LogP contribution in [0.5, 0.6) is 0 Å². The average molecular weight is 309 g/mol. The van der Waals surface area contributed by atoms with E-state index in [9.17, 15) is 9.59 Å². The molecule has 2 aliphatic heterocycles. The molecule has 2 saturated heterocycles. The molecule has 22 heavy (non-hydrogen) atoms. The predicted octanol–water partition coefficient (Wildman–Crippen LogP) is -0.648. The highest BCUT2D eigenvalue weighted by atomic mass is 16.2. The summed E-state index contributed by atoms with van der Waals surface area (Å²) < 4.78 is 0. The van der Waals surface area contributed by atoms with Crippen molar-refractivity contribution in [1.29, 1.82) is 0 Å². The maximum atomic E-state index is 12.0. The summed E-state index contributed by atoms with van der Waals surface area (Å²) in [7, 11) is 0. The Kier molecular flexibility index (Phi) is 4.95. The van der Waals surface area contributed by atoms with E-state index in [4.69, 9.17) is 0 Å². The van der Waals surface area contributed by atoms with Gasteiger partial charge in [0.1, 0.15) is 0 Å². The number of nitrogens with one attached hydrogen (secondary N) is 5. The Hall–Kier alpha value is -1.18. The molecule has 124 valence electrons. The number of fused-ring (bicyclic) bond motifs is 1. The van der Waals surface area contributed by atoms with E-state index in [0.29, 0.717) is 6.04 Å². The predicted molar refractivity (Wildman–Crippen MR) is 82.6 cm³/mol. The molecule has 2 amide bonds. The fourth-order valence-corrected chi connectivity index (χ4v) is 4.05. The second-order valence-corrected chi connectivity index (χ2v) is 6.77. The molecule has 1 saturated carbocycles. The number of piperidine rings is 1. The van der Waals surface area contributed by atoms with Crippen LogP contribution < -0.4 is 26.8 Å². The summed E-state index contributed by atoms with van der Waals surface area (Å²) in [5.41, 5.74) is 5.91. The summed E-state index contributed by atoms with van der Waals surface area (Å²) in [4.78, 5) is 23.2. The van der Waals surface area contributed by atoms with Crippen LogP contribution in [0.3, 0.4) is 0 Å². The highest BCUT2D eigenvalue weighted by Crippen LogP contribution is 2.23. The second kappa shape index (κ2) is 6.93. The lowest BCUT2D eigenvalue weighted by Gasteiger charge is -2.44. The summed E-state index contributed by atoms with van der Waals surface area (Å²) in [5.74, 6) is 0.181. The van der Waals surface area contributed by atoms with Crippen molar-refractivity contribution < 1.29 is 9.59 Å². The molecule has 5 N–H and O–H groups in total. The van der Waals surface area contributed by atoms with Gasteiger partial charge >= 0.3 is 0 Å². The van der Waals surface area contributed by atoms with E-state index in [2.05, 4.69) is 26.8 Å². The molecule has 7 nitrogen and oxygen atoms in total. The normalized spacial score (nSPS) is 38.8. The van der Waals surface area contributed by atoms with Gasteiger partial charge in [-0.15, -0.1) is 0 Å². The smallest absolute Gasteiger partial charge is 0.238 e. The minimum atomic E-state index is 0.0437. The third-order valence-corrected chi connectivity index (χ3v) is 5.05. The summed E-state index contributed by atoms with van der Waals surface area (Å²) >= 11 is 0. The number of rotatable bonds is 3. The Bertz CT molecular complexity index is 430. The van der Waals surface area contributed by atoms with Crippen molar-refractivity contribution >= 4 is 11.8 Å². The van der Waals surface area contributed by atoms with Crippen LogP contribution in [-0.2, 0) is 9.59 Å². The van der Waals surface area contributed by atoms with Crippen molar-refractivity contribution in [2.24, 2.45) is 5.92 Å². The van der Waals surface area contributed by atoms with Gasteiger partial charge in [-0.3, -0.25) is 20.3 Å². The number of carbonyl (C=O) groups excluding carboxylic acids is 2. The quantitative estimate of drug-likeness (QED) is 0.478. The van der Waals surface area contributed by atoms with Crippen LogP contribution >= 0.6 is 0 Å². The zero-order chi connectivity index (χ0) is 15.5. The lowest BCUT2D eigenvalue weighted by molar-refractivity contribution is -0.132. The Balaban J connectivity index is 1.57. The van der Waals surface area contributed by atoms with Gasteiger partial charge in [0.2, 0.25) is 11.8 Å². The number of hydrogen-bond donors (Lipinski definition) is 5. The van der Waals surface area contributed by atoms with Gasteiger partial charge in [0.15, 0.2) is 0 Å². The van der Waals surface area contributed by atoms with Crippen LogP contribution in [-0.4, -0.2) is 42.7 Å². The molecule has 3 rings (SSSR count). The SMILES string of the molecule is CC(=O)NC1CCCC(NC2NNC(=O)C3CCCNC23)C1. The van der Waals surface area contributed by atoms with Gasteiger partial charge in [0.25, 0.3) is 0 Å². The molecule has 5 unspecified atom stereocenters. The molecule has 3 fully saturated rings. The van der Waals surface area contributed by atoms with Gasteiger partial charge in [-0.05, 0) is 45.1 Å². The molecule has 2 heterocycles. The molecule has 3 aliphatic rings. The molecular formula is C15H27N5O2. The van der Waals surface area contributed by atoms with E-state index in [1.54, 1.807) is 6.92 Å². The first kappa shape index (κ1) is 15.7. The number of hydrazine groups is 1. The minimum absolute atomic E-state index is 0.0437. The fourth-order valence-electron chi connectivity index (χ4n) is 4.05. The van der Waals surface area contributed by atoms with Crippen molar-refractivity contribution in [3.8, 4) is 0 Å². The highest BCUT2D eigenvalue weighted by Gasteiger charge is 2.41. The van der Waals surface area contributed by atoms with Gasteiger partial charge in [-0.25, -0.2) is 5.43 Å². The summed E-state index contributed by atoms with van der Waals surface area (Å²) in [6, 6.07) is 0.767. The van der Waals surface area contributed by atoms with Crippen molar-refractivity contribution in [1.82, 2.24) is 26.8 Å². The molecule has 7 heteroatoms. The summed E-state index contributed by atoms with van der Waals surface area (Å²) in [5, 5.41) is 10.1. The first-order valence-corrected chi connectivity index (χ1v) is 8.45. The fraction of sp³-hybridized carbons (Fsp3) is 0.867. The standard InChI is InChI=1S/C15H27N5O2/c1-9(21)17-10-4-2-5-11(8-10)18-14-13-12(6-3-7-16-13)15(22)20-19-14/h10-14,16,18-19H,2-8H2,1H3,(H,17,21)(H,20,22). The van der Waals surface area contributed by atoms with Crippen LogP contribution in [0, 0.1) is 5.92 Å². The van der Waals surface area contributed by atoms with Crippen molar-refractivity contribution in [2.45, 2.75) is 69.7 Å². The lowest BCUT2D eigenvalue weighted by Crippen LogP contribution is -2.72. The molecule has 0 aromatic carbocycles. The van der Waals surface area contributed by atoms with Crippen LogP contribution in [0.25, 0.3) is 0 Å². The van der Waals surface area contributed by atoms with E-state index in [1.807, 2.05) is 0 Å². The topological polar surface area (TPSA) is 94.3 Å². The van der Waals surface area contributed by atoms with Crippen molar-refractivity contribution in [2.75, 3.05) is 6.54 Å². The summed E-state index contributed by atoms with van der Waals surface area (Å²) in [6.45, 7) is 2.54. The van der Waals surface area contributed by atoms with Gasteiger partial charge in [-0.2, -0.15) is 0 Å². The Morgan fingerprint density at radius 3 is 2.82 bits per heavy atom. The van der Waals surface area contributed by atoms with E-state index < -0.39 is 0 Å². The van der Waals surface area contributed by atoms with Gasteiger partial charge in [0.05, 0.1) is 12.1 Å². The van der Waals surface area contributed by atoms with Gasteiger partial charge in [0, 0.05) is 25.0 Å². The number of carbonyl (C=O) groups is 2. The van der Waals surface area contributed by atoms with E-state index in [0.717, 1.165) is 45.1 Å². The summed E-state index contributed by atoms with van der Waals surface area (Å²) in [6.07, 6.45) is 6.27. The van der Waals surface area contributed by atoms with Crippen molar-refractivity contribution in [3.05, 3.63) is 0 Å². The van der Waals surface area contributed by atoms with Crippen molar-refractivity contribution in [3.63, 3.8) is 0 Å². The molecule has 0 spiro atoms. The van der Waals surface area contributed by atoms with Gasteiger partial charge < -0.3 is 10.6 Å². The zero-order valence-electron chi connectivity index (χ0n) is 13.2. The largest absolute Gasteiger partial charge is 0.354 e. The van der Waals surface area contributed by atoms with E-state index in [-0.39, 0.29) is 36.0 Å². The lowest BCUT2D eigenvalue weighted by atomic mass is 9.85. The maximum Gasteiger partial charge on any atom is 0.238 e. The van der Waals surface area contributed by atoms with Crippen LogP contribution in [0.2, 0.25) is 0 Å². The Morgan fingerprint density at radius 1 is 1.18 bits per heavy atom. The molecule has 0 aromatic heterocycles.